The summed E-state index contributed by atoms with van der Waals surface area (Å²) in [7, 11) is 1.57. The fourth-order valence-corrected chi connectivity index (χ4v) is 2.68. The third kappa shape index (κ3) is 4.17. The molecule has 6 heteroatoms. The van der Waals surface area contributed by atoms with E-state index in [1.807, 2.05) is 31.2 Å². The van der Waals surface area contributed by atoms with Crippen LogP contribution in [0.1, 0.15) is 22.8 Å². The highest BCUT2D eigenvalue weighted by molar-refractivity contribution is 6.01. The van der Waals surface area contributed by atoms with Crippen LogP contribution in [0.25, 0.3) is 10.8 Å². The second-order valence-corrected chi connectivity index (χ2v) is 5.76. The number of hydrogen-bond donors (Lipinski definition) is 2. The van der Waals surface area contributed by atoms with Gasteiger partial charge in [-0.05, 0) is 53.6 Å². The molecule has 27 heavy (non-hydrogen) atoms. The number of phenolic OH excluding ortho intramolecular Hbond substituents is 1. The molecule has 0 aromatic heterocycles. The third-order valence-corrected chi connectivity index (χ3v) is 3.98. The van der Waals surface area contributed by atoms with Gasteiger partial charge >= 0.3 is 0 Å². The maximum absolute atomic E-state index is 12.3. The van der Waals surface area contributed by atoms with Crippen molar-refractivity contribution in [2.24, 2.45) is 5.10 Å². The van der Waals surface area contributed by atoms with Gasteiger partial charge in [-0.15, -0.1) is 0 Å². The average molecular weight is 364 g/mol. The average Bonchev–Trinajstić information content (AvgIpc) is 2.68. The van der Waals surface area contributed by atoms with Gasteiger partial charge in [0, 0.05) is 0 Å². The summed E-state index contributed by atoms with van der Waals surface area (Å²) < 4.78 is 10.7. The highest BCUT2D eigenvalue weighted by atomic mass is 16.5. The van der Waals surface area contributed by atoms with Gasteiger partial charge < -0.3 is 14.6 Å². The van der Waals surface area contributed by atoms with E-state index < -0.39 is 5.91 Å². The largest absolute Gasteiger partial charge is 0.507 e. The van der Waals surface area contributed by atoms with Gasteiger partial charge in [0.15, 0.2) is 11.5 Å². The zero-order valence-electron chi connectivity index (χ0n) is 15.1. The van der Waals surface area contributed by atoms with Crippen molar-refractivity contribution < 1.29 is 19.4 Å². The molecule has 0 saturated carbocycles. The first-order chi connectivity index (χ1) is 13.1. The SMILES string of the molecule is CCOc1cc(C=NNC(=O)c2cc3ccccc3cc2O)ccc1OC. The summed E-state index contributed by atoms with van der Waals surface area (Å²) in [5.41, 5.74) is 3.33. The summed E-state index contributed by atoms with van der Waals surface area (Å²) in [5, 5.41) is 15.8. The molecule has 0 heterocycles. The second kappa shape index (κ2) is 8.23. The number of phenols is 1. The molecule has 0 aliphatic heterocycles. The van der Waals surface area contributed by atoms with Gasteiger partial charge in [-0.3, -0.25) is 4.79 Å². The fourth-order valence-electron chi connectivity index (χ4n) is 2.68. The zero-order valence-corrected chi connectivity index (χ0v) is 15.1. The molecule has 138 valence electrons. The van der Waals surface area contributed by atoms with E-state index in [0.29, 0.717) is 18.1 Å². The summed E-state index contributed by atoms with van der Waals surface area (Å²) in [6.45, 7) is 2.39. The number of benzene rings is 3. The molecule has 0 fully saturated rings. The van der Waals surface area contributed by atoms with Crippen molar-refractivity contribution >= 4 is 22.9 Å². The molecule has 0 bridgehead atoms. The van der Waals surface area contributed by atoms with E-state index in [4.69, 9.17) is 9.47 Å². The van der Waals surface area contributed by atoms with Crippen LogP contribution in [-0.2, 0) is 0 Å². The standard InChI is InChI=1S/C21H20N2O4/c1-3-27-20-10-14(8-9-19(20)26-2)13-22-23-21(25)17-11-15-6-4-5-7-16(15)12-18(17)24/h4-13,24H,3H2,1-2H3,(H,23,25). The highest BCUT2D eigenvalue weighted by Gasteiger charge is 2.12. The van der Waals surface area contributed by atoms with Crippen LogP contribution < -0.4 is 14.9 Å². The molecular formula is C21H20N2O4. The Morgan fingerprint density at radius 1 is 1.11 bits per heavy atom. The number of ether oxygens (including phenoxy) is 2. The lowest BCUT2D eigenvalue weighted by Crippen LogP contribution is -2.17. The quantitative estimate of drug-likeness (QED) is 0.516. The van der Waals surface area contributed by atoms with E-state index in [2.05, 4.69) is 10.5 Å². The Morgan fingerprint density at radius 2 is 1.85 bits per heavy atom. The molecule has 3 aromatic rings. The number of amides is 1. The summed E-state index contributed by atoms with van der Waals surface area (Å²) in [5.74, 6) is 0.638. The molecule has 0 aliphatic carbocycles. The van der Waals surface area contributed by atoms with Crippen molar-refractivity contribution in [1.82, 2.24) is 5.43 Å². The zero-order chi connectivity index (χ0) is 19.2. The Morgan fingerprint density at radius 3 is 2.56 bits per heavy atom. The maximum Gasteiger partial charge on any atom is 0.275 e. The van der Waals surface area contributed by atoms with Gasteiger partial charge in [0.25, 0.3) is 5.91 Å². The van der Waals surface area contributed by atoms with Crippen molar-refractivity contribution in [3.63, 3.8) is 0 Å². The predicted molar refractivity (Wildman–Crippen MR) is 105 cm³/mol. The number of nitrogens with one attached hydrogen (secondary N) is 1. The van der Waals surface area contributed by atoms with Crippen molar-refractivity contribution in [2.75, 3.05) is 13.7 Å². The van der Waals surface area contributed by atoms with Crippen LogP contribution in [-0.4, -0.2) is 30.9 Å². The minimum absolute atomic E-state index is 0.0931. The number of aromatic hydroxyl groups is 1. The minimum Gasteiger partial charge on any atom is -0.507 e. The number of methoxy groups -OCH3 is 1. The molecular weight excluding hydrogens is 344 g/mol. The van der Waals surface area contributed by atoms with Crippen LogP contribution in [0, 0.1) is 0 Å². The number of hydrogen-bond acceptors (Lipinski definition) is 5. The lowest BCUT2D eigenvalue weighted by molar-refractivity contribution is 0.0952. The first kappa shape index (κ1) is 18.3. The van der Waals surface area contributed by atoms with Gasteiger partial charge in [0.1, 0.15) is 5.75 Å². The van der Waals surface area contributed by atoms with Gasteiger partial charge in [-0.2, -0.15) is 5.10 Å². The lowest BCUT2D eigenvalue weighted by atomic mass is 10.1. The van der Waals surface area contributed by atoms with E-state index in [9.17, 15) is 9.90 Å². The maximum atomic E-state index is 12.3. The first-order valence-corrected chi connectivity index (χ1v) is 8.48. The molecule has 0 aliphatic rings. The molecule has 0 saturated heterocycles. The van der Waals surface area contributed by atoms with Crippen molar-refractivity contribution in [1.29, 1.82) is 0 Å². The van der Waals surface area contributed by atoms with Gasteiger partial charge in [-0.1, -0.05) is 24.3 Å². The first-order valence-electron chi connectivity index (χ1n) is 8.48. The number of fused-ring (bicyclic) bond motifs is 1. The van der Waals surface area contributed by atoms with E-state index in [-0.39, 0.29) is 11.3 Å². The molecule has 0 unspecified atom stereocenters. The molecule has 1 amide bonds. The summed E-state index contributed by atoms with van der Waals surface area (Å²) in [4.78, 5) is 12.3. The molecule has 0 radical (unpaired) electrons. The number of rotatable bonds is 6. The number of carbonyl (C=O) groups excluding carboxylic acids is 1. The van der Waals surface area contributed by atoms with Crippen molar-refractivity contribution in [3.8, 4) is 17.2 Å². The summed E-state index contributed by atoms with van der Waals surface area (Å²) in [6.07, 6.45) is 1.50. The molecule has 2 N–H and O–H groups in total. The number of nitrogens with zero attached hydrogens (tertiary/aromatic N) is 1. The van der Waals surface area contributed by atoms with Crippen LogP contribution in [0.5, 0.6) is 17.2 Å². The summed E-state index contributed by atoms with van der Waals surface area (Å²) in [6, 6.07) is 16.0. The number of hydrazone groups is 1. The van der Waals surface area contributed by atoms with Gasteiger partial charge in [0.05, 0.1) is 25.5 Å². The summed E-state index contributed by atoms with van der Waals surface area (Å²) >= 11 is 0. The van der Waals surface area contributed by atoms with E-state index in [1.165, 1.54) is 6.21 Å². The van der Waals surface area contributed by atoms with Crippen LogP contribution in [0.3, 0.4) is 0 Å². The Kier molecular flexibility index (Phi) is 5.56. The minimum atomic E-state index is -0.493. The van der Waals surface area contributed by atoms with Crippen molar-refractivity contribution in [2.45, 2.75) is 6.92 Å². The molecule has 6 nitrogen and oxygen atoms in total. The topological polar surface area (TPSA) is 80.2 Å². The van der Waals surface area contributed by atoms with E-state index in [1.54, 1.807) is 37.4 Å². The molecule has 0 atom stereocenters. The molecule has 3 aromatic carbocycles. The Bertz CT molecular complexity index is 999. The third-order valence-electron chi connectivity index (χ3n) is 3.98. The van der Waals surface area contributed by atoms with Crippen LogP contribution in [0.2, 0.25) is 0 Å². The fraction of sp³-hybridized carbons (Fsp3) is 0.143. The normalized spacial score (nSPS) is 10.9. The monoisotopic (exact) mass is 364 g/mol. The Balaban J connectivity index is 1.75. The van der Waals surface area contributed by atoms with E-state index >= 15 is 0 Å². The Hall–Kier alpha value is -3.54. The van der Waals surface area contributed by atoms with Gasteiger partial charge in [0.2, 0.25) is 0 Å². The lowest BCUT2D eigenvalue weighted by Gasteiger charge is -2.09. The van der Waals surface area contributed by atoms with Crippen molar-refractivity contribution in [3.05, 3.63) is 65.7 Å². The van der Waals surface area contributed by atoms with Crippen LogP contribution >= 0.6 is 0 Å². The van der Waals surface area contributed by atoms with Gasteiger partial charge in [-0.25, -0.2) is 5.43 Å². The smallest absolute Gasteiger partial charge is 0.275 e. The van der Waals surface area contributed by atoms with Crippen LogP contribution in [0.4, 0.5) is 0 Å². The van der Waals surface area contributed by atoms with E-state index in [0.717, 1.165) is 16.3 Å². The second-order valence-electron chi connectivity index (χ2n) is 5.76. The number of carbonyl (C=O) groups is 1. The molecule has 3 rings (SSSR count). The van der Waals surface area contributed by atoms with Crippen LogP contribution in [0.15, 0.2) is 59.7 Å². The predicted octanol–water partition coefficient (Wildman–Crippen LogP) is 3.72. The molecule has 0 spiro atoms. The highest BCUT2D eigenvalue weighted by Crippen LogP contribution is 2.27. The Labute approximate surface area is 157 Å².